The Balaban J connectivity index is 1.84. The SMILES string of the molecule is CN(CCN1CCNC1=O)C(c1cccnc1)c1ccc(F)cc1F. The van der Waals surface area contributed by atoms with E-state index in [2.05, 4.69) is 10.3 Å². The first-order valence-electron chi connectivity index (χ1n) is 8.14. The number of benzene rings is 1. The minimum absolute atomic E-state index is 0.0840. The maximum absolute atomic E-state index is 14.4. The molecule has 2 heterocycles. The van der Waals surface area contributed by atoms with E-state index in [1.54, 1.807) is 23.4 Å². The number of urea groups is 1. The van der Waals surface area contributed by atoms with E-state index < -0.39 is 17.7 Å². The van der Waals surface area contributed by atoms with Crippen LogP contribution in [0.25, 0.3) is 0 Å². The molecule has 2 aromatic rings. The molecule has 1 aliphatic rings. The third kappa shape index (κ3) is 3.93. The lowest BCUT2D eigenvalue weighted by Crippen LogP contribution is -2.37. The Morgan fingerprint density at radius 2 is 2.20 bits per heavy atom. The lowest BCUT2D eigenvalue weighted by atomic mass is 9.98. The smallest absolute Gasteiger partial charge is 0.317 e. The highest BCUT2D eigenvalue weighted by atomic mass is 19.1. The Labute approximate surface area is 145 Å². The molecule has 7 heteroatoms. The number of carbonyl (C=O) groups is 1. The van der Waals surface area contributed by atoms with Gasteiger partial charge in [-0.3, -0.25) is 9.88 Å². The molecule has 3 rings (SSSR count). The number of hydrogen-bond donors (Lipinski definition) is 1. The molecule has 1 aromatic heterocycles. The number of aromatic nitrogens is 1. The van der Waals surface area contributed by atoms with Crippen LogP contribution in [-0.2, 0) is 0 Å². The van der Waals surface area contributed by atoms with Crippen LogP contribution in [0, 0.1) is 11.6 Å². The van der Waals surface area contributed by atoms with Gasteiger partial charge in [0.25, 0.3) is 0 Å². The molecule has 1 aliphatic heterocycles. The van der Waals surface area contributed by atoms with Gasteiger partial charge in [0.05, 0.1) is 6.04 Å². The van der Waals surface area contributed by atoms with Crippen molar-refractivity contribution >= 4 is 6.03 Å². The zero-order valence-electron chi connectivity index (χ0n) is 14.0. The summed E-state index contributed by atoms with van der Waals surface area (Å²) in [4.78, 5) is 19.4. The van der Waals surface area contributed by atoms with Gasteiger partial charge in [0.2, 0.25) is 0 Å². The van der Waals surface area contributed by atoms with Gasteiger partial charge in [0.15, 0.2) is 0 Å². The normalized spacial score (nSPS) is 15.5. The van der Waals surface area contributed by atoms with Gasteiger partial charge in [0, 0.05) is 50.2 Å². The fourth-order valence-electron chi connectivity index (χ4n) is 3.06. The van der Waals surface area contributed by atoms with Crippen LogP contribution >= 0.6 is 0 Å². The molecule has 1 unspecified atom stereocenters. The third-order valence-corrected chi connectivity index (χ3v) is 4.37. The van der Waals surface area contributed by atoms with E-state index in [0.29, 0.717) is 31.7 Å². The van der Waals surface area contributed by atoms with Gasteiger partial charge >= 0.3 is 6.03 Å². The summed E-state index contributed by atoms with van der Waals surface area (Å²) in [5, 5.41) is 2.76. The van der Waals surface area contributed by atoms with Crippen LogP contribution in [0.1, 0.15) is 17.2 Å². The second-order valence-corrected chi connectivity index (χ2v) is 6.05. The van der Waals surface area contributed by atoms with Gasteiger partial charge < -0.3 is 10.2 Å². The van der Waals surface area contributed by atoms with Crippen molar-refractivity contribution in [2.24, 2.45) is 0 Å². The molecule has 2 amide bonds. The molecule has 1 saturated heterocycles. The van der Waals surface area contributed by atoms with Crippen LogP contribution in [0.3, 0.4) is 0 Å². The molecule has 1 fully saturated rings. The molecule has 0 bridgehead atoms. The first-order valence-corrected chi connectivity index (χ1v) is 8.14. The minimum atomic E-state index is -0.609. The molecular formula is C18H20F2N4O. The monoisotopic (exact) mass is 346 g/mol. The largest absolute Gasteiger partial charge is 0.336 e. The number of amides is 2. The summed E-state index contributed by atoms with van der Waals surface area (Å²) in [5.41, 5.74) is 1.18. The van der Waals surface area contributed by atoms with Crippen molar-refractivity contribution in [1.82, 2.24) is 20.1 Å². The first kappa shape index (κ1) is 17.3. The van der Waals surface area contributed by atoms with Crippen LogP contribution in [0.15, 0.2) is 42.7 Å². The summed E-state index contributed by atoms with van der Waals surface area (Å²) < 4.78 is 27.7. The van der Waals surface area contributed by atoms with Gasteiger partial charge in [-0.1, -0.05) is 12.1 Å². The number of hydrogen-bond acceptors (Lipinski definition) is 3. The maximum atomic E-state index is 14.4. The fourth-order valence-corrected chi connectivity index (χ4v) is 3.06. The second kappa shape index (κ2) is 7.57. The molecule has 25 heavy (non-hydrogen) atoms. The van der Waals surface area contributed by atoms with Crippen LogP contribution in [-0.4, -0.2) is 54.0 Å². The molecular weight excluding hydrogens is 326 g/mol. The van der Waals surface area contributed by atoms with Crippen molar-refractivity contribution in [3.8, 4) is 0 Å². The Morgan fingerprint density at radius 3 is 2.84 bits per heavy atom. The molecule has 0 aliphatic carbocycles. The van der Waals surface area contributed by atoms with Gasteiger partial charge in [-0.25, -0.2) is 13.6 Å². The number of carbonyl (C=O) groups excluding carboxylic acids is 1. The lowest BCUT2D eigenvalue weighted by Gasteiger charge is -2.30. The third-order valence-electron chi connectivity index (χ3n) is 4.37. The van der Waals surface area contributed by atoms with E-state index >= 15 is 0 Å². The Morgan fingerprint density at radius 1 is 1.36 bits per heavy atom. The Kier molecular flexibility index (Phi) is 5.23. The lowest BCUT2D eigenvalue weighted by molar-refractivity contribution is 0.200. The summed E-state index contributed by atoms with van der Waals surface area (Å²) in [6.45, 7) is 2.38. The van der Waals surface area contributed by atoms with Crippen LogP contribution in [0.2, 0.25) is 0 Å². The molecule has 132 valence electrons. The van der Waals surface area contributed by atoms with E-state index in [9.17, 15) is 13.6 Å². The molecule has 0 saturated carbocycles. The highest BCUT2D eigenvalue weighted by Crippen LogP contribution is 2.29. The van der Waals surface area contributed by atoms with Crippen molar-refractivity contribution in [2.45, 2.75) is 6.04 Å². The second-order valence-electron chi connectivity index (χ2n) is 6.05. The van der Waals surface area contributed by atoms with Crippen molar-refractivity contribution in [1.29, 1.82) is 0 Å². The van der Waals surface area contributed by atoms with Crippen molar-refractivity contribution in [3.63, 3.8) is 0 Å². The highest BCUT2D eigenvalue weighted by Gasteiger charge is 2.25. The molecule has 1 aromatic carbocycles. The maximum Gasteiger partial charge on any atom is 0.317 e. The zero-order chi connectivity index (χ0) is 17.8. The van der Waals surface area contributed by atoms with Gasteiger partial charge in [-0.2, -0.15) is 0 Å². The van der Waals surface area contributed by atoms with Gasteiger partial charge in [-0.15, -0.1) is 0 Å². The fraction of sp³-hybridized carbons (Fsp3) is 0.333. The van der Waals surface area contributed by atoms with Crippen LogP contribution in [0.4, 0.5) is 13.6 Å². The number of pyridine rings is 1. The summed E-state index contributed by atoms with van der Waals surface area (Å²) >= 11 is 0. The summed E-state index contributed by atoms with van der Waals surface area (Å²) in [7, 11) is 1.86. The predicted molar refractivity (Wildman–Crippen MR) is 90.0 cm³/mol. The average Bonchev–Trinajstić information content (AvgIpc) is 3.01. The Bertz CT molecular complexity index is 741. The van der Waals surface area contributed by atoms with E-state index in [4.69, 9.17) is 0 Å². The van der Waals surface area contributed by atoms with Crippen molar-refractivity contribution < 1.29 is 13.6 Å². The minimum Gasteiger partial charge on any atom is -0.336 e. The summed E-state index contributed by atoms with van der Waals surface area (Å²) in [6.07, 6.45) is 3.32. The summed E-state index contributed by atoms with van der Waals surface area (Å²) in [6, 6.07) is 6.75. The topological polar surface area (TPSA) is 48.5 Å². The predicted octanol–water partition coefficient (Wildman–Crippen LogP) is 2.41. The van der Waals surface area contributed by atoms with E-state index in [0.717, 1.165) is 11.6 Å². The quantitative estimate of drug-likeness (QED) is 0.874. The van der Waals surface area contributed by atoms with E-state index in [1.165, 1.54) is 12.1 Å². The van der Waals surface area contributed by atoms with Crippen molar-refractivity contribution in [2.75, 3.05) is 33.2 Å². The number of nitrogens with zero attached hydrogens (tertiary/aromatic N) is 3. The molecule has 1 atom stereocenters. The number of rotatable bonds is 6. The zero-order valence-corrected chi connectivity index (χ0v) is 14.0. The molecule has 0 spiro atoms. The average molecular weight is 346 g/mol. The molecule has 1 N–H and O–H groups in total. The number of likely N-dealkylation sites (N-methyl/N-ethyl adjacent to an activating group) is 1. The molecule has 5 nitrogen and oxygen atoms in total. The van der Waals surface area contributed by atoms with Gasteiger partial charge in [0.1, 0.15) is 11.6 Å². The number of halogens is 2. The van der Waals surface area contributed by atoms with Crippen molar-refractivity contribution in [3.05, 3.63) is 65.5 Å². The highest BCUT2D eigenvalue weighted by molar-refractivity contribution is 5.76. The standard InChI is InChI=1S/C18H20F2N4O/c1-23(9-10-24-8-7-22-18(24)25)17(13-3-2-6-21-12-13)15-5-4-14(19)11-16(15)20/h2-6,11-12,17H,7-10H2,1H3,(H,22,25). The van der Waals surface area contributed by atoms with Gasteiger partial charge in [-0.05, 0) is 24.7 Å². The van der Waals surface area contributed by atoms with E-state index in [1.807, 2.05) is 18.0 Å². The van der Waals surface area contributed by atoms with E-state index in [-0.39, 0.29) is 6.03 Å². The van der Waals surface area contributed by atoms with Crippen LogP contribution < -0.4 is 5.32 Å². The first-order chi connectivity index (χ1) is 12.1. The Hall–Kier alpha value is -2.54. The molecule has 0 radical (unpaired) electrons. The summed E-state index contributed by atoms with van der Waals surface area (Å²) in [5.74, 6) is -1.21. The van der Waals surface area contributed by atoms with Crippen LogP contribution in [0.5, 0.6) is 0 Å². The number of nitrogens with one attached hydrogen (secondary N) is 1.